The van der Waals surface area contributed by atoms with Crippen LogP contribution < -0.4 is 0 Å². The van der Waals surface area contributed by atoms with Gasteiger partial charge in [-0.2, -0.15) is 0 Å². The average molecular weight is 341 g/mol. The van der Waals surface area contributed by atoms with E-state index in [-0.39, 0.29) is 11.8 Å². The van der Waals surface area contributed by atoms with Gasteiger partial charge in [0.05, 0.1) is 5.71 Å². The third kappa shape index (κ3) is 3.03. The van der Waals surface area contributed by atoms with Gasteiger partial charge < -0.3 is 5.21 Å². The molecule has 1 aliphatic rings. The summed E-state index contributed by atoms with van der Waals surface area (Å²) in [6.45, 7) is 0. The molecule has 3 rings (SSSR count). The van der Waals surface area contributed by atoms with Crippen LogP contribution in [-0.4, -0.2) is 10.9 Å². The Labute approximate surface area is 137 Å². The first kappa shape index (κ1) is 14.7. The average Bonchev–Trinajstić information content (AvgIpc) is 3.22. The number of rotatable bonds is 3. The van der Waals surface area contributed by atoms with Crippen LogP contribution in [0.3, 0.4) is 0 Å². The van der Waals surface area contributed by atoms with Gasteiger partial charge in [0.1, 0.15) is 0 Å². The van der Waals surface area contributed by atoms with E-state index in [9.17, 15) is 5.21 Å². The van der Waals surface area contributed by atoms with Crippen LogP contribution in [0.15, 0.2) is 47.6 Å². The molecule has 1 aliphatic carbocycles. The van der Waals surface area contributed by atoms with Gasteiger partial charge in [0.25, 0.3) is 0 Å². The van der Waals surface area contributed by atoms with Gasteiger partial charge >= 0.3 is 0 Å². The van der Waals surface area contributed by atoms with E-state index >= 15 is 0 Å². The molecule has 2 atom stereocenters. The Bertz CT molecular complexity index is 697. The second kappa shape index (κ2) is 5.88. The summed E-state index contributed by atoms with van der Waals surface area (Å²) in [5.74, 6) is 0.422. The molecule has 2 nitrogen and oxygen atoms in total. The van der Waals surface area contributed by atoms with E-state index in [0.717, 1.165) is 17.5 Å². The van der Waals surface area contributed by atoms with Gasteiger partial charge in [-0.1, -0.05) is 58.2 Å². The van der Waals surface area contributed by atoms with Crippen molar-refractivity contribution in [2.24, 2.45) is 11.1 Å². The molecule has 2 aromatic carbocycles. The zero-order chi connectivity index (χ0) is 15.0. The van der Waals surface area contributed by atoms with E-state index < -0.39 is 0 Å². The first-order valence-electron chi connectivity index (χ1n) is 6.53. The molecule has 0 spiro atoms. The molecule has 0 aromatic heterocycles. The topological polar surface area (TPSA) is 32.6 Å². The van der Waals surface area contributed by atoms with E-state index in [0.29, 0.717) is 20.8 Å². The Kier molecular flexibility index (Phi) is 4.12. The Hall–Kier alpha value is -1.22. The van der Waals surface area contributed by atoms with Gasteiger partial charge in [-0.25, -0.2) is 0 Å². The lowest BCUT2D eigenvalue weighted by atomic mass is 10.0. The van der Waals surface area contributed by atoms with Crippen LogP contribution in [0.2, 0.25) is 15.1 Å². The van der Waals surface area contributed by atoms with E-state index in [1.165, 1.54) is 0 Å². The Morgan fingerprint density at radius 1 is 1.00 bits per heavy atom. The summed E-state index contributed by atoms with van der Waals surface area (Å²) in [4.78, 5) is 0. The predicted molar refractivity (Wildman–Crippen MR) is 87.1 cm³/mol. The molecule has 0 unspecified atom stereocenters. The maximum absolute atomic E-state index is 9.34. The van der Waals surface area contributed by atoms with E-state index in [4.69, 9.17) is 34.8 Å². The van der Waals surface area contributed by atoms with E-state index in [1.807, 2.05) is 24.3 Å². The molecule has 0 amide bonds. The minimum Gasteiger partial charge on any atom is -0.411 e. The Morgan fingerprint density at radius 3 is 2.29 bits per heavy atom. The van der Waals surface area contributed by atoms with Crippen molar-refractivity contribution in [2.75, 3.05) is 0 Å². The van der Waals surface area contributed by atoms with Crippen LogP contribution in [0.4, 0.5) is 0 Å². The van der Waals surface area contributed by atoms with Gasteiger partial charge in [0.2, 0.25) is 0 Å². The normalized spacial score (nSPS) is 21.4. The third-order valence-electron chi connectivity index (χ3n) is 3.75. The summed E-state index contributed by atoms with van der Waals surface area (Å²) in [5.41, 5.74) is 2.59. The molecule has 21 heavy (non-hydrogen) atoms. The molecule has 1 N–H and O–H groups in total. The lowest BCUT2D eigenvalue weighted by molar-refractivity contribution is 0.317. The summed E-state index contributed by atoms with van der Waals surface area (Å²) in [5, 5.41) is 14.7. The highest BCUT2D eigenvalue weighted by molar-refractivity contribution is 6.35. The second-order valence-electron chi connectivity index (χ2n) is 5.11. The molecule has 1 saturated carbocycles. The van der Waals surface area contributed by atoms with Crippen LogP contribution in [-0.2, 0) is 0 Å². The molecule has 2 aromatic rings. The zero-order valence-corrected chi connectivity index (χ0v) is 13.2. The maximum Gasteiger partial charge on any atom is 0.0904 e. The largest absolute Gasteiger partial charge is 0.411 e. The van der Waals surface area contributed by atoms with Gasteiger partial charge in [-0.3, -0.25) is 0 Å². The highest BCUT2D eigenvalue weighted by Gasteiger charge is 2.43. The Morgan fingerprint density at radius 2 is 1.67 bits per heavy atom. The Balaban J connectivity index is 1.84. The lowest BCUT2D eigenvalue weighted by Crippen LogP contribution is -2.05. The molecule has 0 aliphatic heterocycles. The predicted octanol–water partition coefficient (Wildman–Crippen LogP) is 5.63. The highest BCUT2D eigenvalue weighted by Crippen LogP contribution is 2.51. The highest BCUT2D eigenvalue weighted by atomic mass is 35.5. The minimum absolute atomic E-state index is 0.162. The molecule has 0 bridgehead atoms. The second-order valence-corrected chi connectivity index (χ2v) is 6.39. The molecular formula is C16H12Cl3NO. The summed E-state index contributed by atoms with van der Waals surface area (Å²) in [6, 6.07) is 12.8. The molecule has 108 valence electrons. The van der Waals surface area contributed by atoms with Crippen molar-refractivity contribution in [1.82, 2.24) is 0 Å². The molecular weight excluding hydrogens is 329 g/mol. The van der Waals surface area contributed by atoms with Gasteiger partial charge in [0.15, 0.2) is 0 Å². The van der Waals surface area contributed by atoms with Crippen molar-refractivity contribution in [3.8, 4) is 0 Å². The SMILES string of the molecule is ON=C(c1ccc(Cl)cc1)[C@H]1C[C@H]1c1ccc(Cl)cc1Cl. The standard InChI is InChI=1S/C16H12Cl3NO/c17-10-3-1-9(2-4-10)16(20-21)14-8-13(14)12-6-5-11(18)7-15(12)19/h1-7,13-14,21H,8H2/t13-,14-/m0/s1. The molecule has 0 heterocycles. The van der Waals surface area contributed by atoms with Crippen LogP contribution >= 0.6 is 34.8 Å². The van der Waals surface area contributed by atoms with Gasteiger partial charge in [-0.05, 0) is 47.7 Å². The van der Waals surface area contributed by atoms with Crippen molar-refractivity contribution in [3.05, 3.63) is 68.7 Å². The summed E-state index contributed by atoms with van der Waals surface area (Å²) in [6.07, 6.45) is 0.906. The number of nitrogens with zero attached hydrogens (tertiary/aromatic N) is 1. The fourth-order valence-electron chi connectivity index (χ4n) is 2.61. The first-order valence-corrected chi connectivity index (χ1v) is 7.66. The number of hydrogen-bond donors (Lipinski definition) is 1. The van der Waals surface area contributed by atoms with E-state index in [1.54, 1.807) is 18.2 Å². The van der Waals surface area contributed by atoms with Crippen molar-refractivity contribution in [3.63, 3.8) is 0 Å². The van der Waals surface area contributed by atoms with Crippen LogP contribution in [0.5, 0.6) is 0 Å². The maximum atomic E-state index is 9.34. The van der Waals surface area contributed by atoms with Crippen LogP contribution in [0, 0.1) is 5.92 Å². The molecule has 0 saturated heterocycles. The summed E-state index contributed by atoms with van der Waals surface area (Å²) >= 11 is 18.0. The third-order valence-corrected chi connectivity index (χ3v) is 4.57. The minimum atomic E-state index is 0.162. The van der Waals surface area contributed by atoms with Crippen molar-refractivity contribution in [2.45, 2.75) is 12.3 Å². The van der Waals surface area contributed by atoms with Crippen LogP contribution in [0.1, 0.15) is 23.5 Å². The van der Waals surface area contributed by atoms with Crippen molar-refractivity contribution >= 4 is 40.5 Å². The molecule has 5 heteroatoms. The smallest absolute Gasteiger partial charge is 0.0904 e. The fourth-order valence-corrected chi connectivity index (χ4v) is 3.28. The summed E-state index contributed by atoms with van der Waals surface area (Å²) < 4.78 is 0. The summed E-state index contributed by atoms with van der Waals surface area (Å²) in [7, 11) is 0. The molecule has 0 radical (unpaired) electrons. The number of benzene rings is 2. The quantitative estimate of drug-likeness (QED) is 0.438. The van der Waals surface area contributed by atoms with E-state index in [2.05, 4.69) is 5.16 Å². The van der Waals surface area contributed by atoms with Gasteiger partial charge in [-0.15, -0.1) is 0 Å². The lowest BCUT2D eigenvalue weighted by Gasteiger charge is -2.06. The van der Waals surface area contributed by atoms with Crippen molar-refractivity contribution in [1.29, 1.82) is 0 Å². The monoisotopic (exact) mass is 339 g/mol. The zero-order valence-electron chi connectivity index (χ0n) is 10.9. The molecule has 1 fully saturated rings. The number of oxime groups is 1. The first-order chi connectivity index (χ1) is 10.1. The van der Waals surface area contributed by atoms with Gasteiger partial charge in [0, 0.05) is 21.0 Å². The fraction of sp³-hybridized carbons (Fsp3) is 0.188. The van der Waals surface area contributed by atoms with Crippen molar-refractivity contribution < 1.29 is 5.21 Å². The van der Waals surface area contributed by atoms with Crippen LogP contribution in [0.25, 0.3) is 0 Å². The number of hydrogen-bond acceptors (Lipinski definition) is 2. The number of halogens is 3.